The van der Waals surface area contributed by atoms with Crippen molar-refractivity contribution < 1.29 is 9.59 Å². The van der Waals surface area contributed by atoms with E-state index in [9.17, 15) is 9.59 Å². The van der Waals surface area contributed by atoms with E-state index >= 15 is 0 Å². The molecule has 0 aromatic heterocycles. The van der Waals surface area contributed by atoms with Crippen molar-refractivity contribution in [3.8, 4) is 0 Å². The van der Waals surface area contributed by atoms with Gasteiger partial charge in [-0.3, -0.25) is 9.59 Å². The number of nitrogens with one attached hydrogen (secondary N) is 1. The van der Waals surface area contributed by atoms with E-state index in [1.807, 2.05) is 13.8 Å². The average Bonchev–Trinajstić information content (AvgIpc) is 2.46. The fourth-order valence-electron chi connectivity index (χ4n) is 1.83. The van der Waals surface area contributed by atoms with Gasteiger partial charge in [0.2, 0.25) is 5.91 Å². The van der Waals surface area contributed by atoms with E-state index in [1.54, 1.807) is 23.1 Å². The van der Waals surface area contributed by atoms with Crippen molar-refractivity contribution in [1.29, 1.82) is 0 Å². The largest absolute Gasteiger partial charge is 0.355 e. The first kappa shape index (κ1) is 18.0. The molecule has 0 saturated carbocycles. The van der Waals surface area contributed by atoms with E-state index in [-0.39, 0.29) is 18.4 Å². The van der Waals surface area contributed by atoms with Crippen LogP contribution in [0.4, 0.5) is 0 Å². The molecular formula is C15H20BrClN2O2. The molecule has 0 atom stereocenters. The van der Waals surface area contributed by atoms with Crippen LogP contribution in [0.3, 0.4) is 0 Å². The Balaban J connectivity index is 2.81. The second-order valence-electron chi connectivity index (χ2n) is 4.71. The molecule has 0 spiro atoms. The van der Waals surface area contributed by atoms with Crippen molar-refractivity contribution >= 4 is 39.3 Å². The minimum atomic E-state index is -0.166. The standard InChI is InChI=1S/C15H20BrClN2O2/c1-3-7-18-14(20)10-19(8-4-2)15(21)11-5-6-13(17)12(16)9-11/h5-6,9H,3-4,7-8,10H2,1-2H3,(H,18,20). The van der Waals surface area contributed by atoms with Gasteiger partial charge in [-0.15, -0.1) is 0 Å². The van der Waals surface area contributed by atoms with E-state index in [0.717, 1.165) is 12.8 Å². The molecule has 0 aliphatic rings. The summed E-state index contributed by atoms with van der Waals surface area (Å²) >= 11 is 9.24. The Morgan fingerprint density at radius 2 is 2.00 bits per heavy atom. The van der Waals surface area contributed by atoms with Crippen LogP contribution < -0.4 is 5.32 Å². The summed E-state index contributed by atoms with van der Waals surface area (Å²) in [5, 5.41) is 3.34. The smallest absolute Gasteiger partial charge is 0.254 e. The zero-order chi connectivity index (χ0) is 15.8. The third-order valence-electron chi connectivity index (χ3n) is 2.85. The maximum atomic E-state index is 12.5. The molecule has 1 N–H and O–H groups in total. The molecule has 0 radical (unpaired) electrons. The van der Waals surface area contributed by atoms with Crippen molar-refractivity contribution in [3.05, 3.63) is 33.3 Å². The molecule has 0 saturated heterocycles. The lowest BCUT2D eigenvalue weighted by Gasteiger charge is -2.22. The molecule has 0 fully saturated rings. The minimum Gasteiger partial charge on any atom is -0.355 e. The number of nitrogens with zero attached hydrogens (tertiary/aromatic N) is 1. The molecule has 0 unspecified atom stereocenters. The monoisotopic (exact) mass is 374 g/mol. The van der Waals surface area contributed by atoms with E-state index in [4.69, 9.17) is 11.6 Å². The summed E-state index contributed by atoms with van der Waals surface area (Å²) in [6.45, 7) is 5.20. The van der Waals surface area contributed by atoms with Gasteiger partial charge in [0.05, 0.1) is 11.6 Å². The van der Waals surface area contributed by atoms with Gasteiger partial charge in [0.1, 0.15) is 0 Å². The Morgan fingerprint density at radius 3 is 2.57 bits per heavy atom. The summed E-state index contributed by atoms with van der Waals surface area (Å²) in [5.74, 6) is -0.299. The summed E-state index contributed by atoms with van der Waals surface area (Å²) in [5.41, 5.74) is 0.517. The van der Waals surface area contributed by atoms with Gasteiger partial charge in [-0.05, 0) is 47.0 Å². The summed E-state index contributed by atoms with van der Waals surface area (Å²) in [4.78, 5) is 25.9. The zero-order valence-electron chi connectivity index (χ0n) is 12.3. The summed E-state index contributed by atoms with van der Waals surface area (Å²) in [7, 11) is 0. The van der Waals surface area contributed by atoms with E-state index in [2.05, 4.69) is 21.2 Å². The number of rotatable bonds is 7. The van der Waals surface area contributed by atoms with Crippen LogP contribution in [0.1, 0.15) is 37.0 Å². The minimum absolute atomic E-state index is 0.0763. The van der Waals surface area contributed by atoms with Crippen LogP contribution in [0.2, 0.25) is 5.02 Å². The van der Waals surface area contributed by atoms with Gasteiger partial charge in [0.15, 0.2) is 0 Å². The molecule has 0 aliphatic carbocycles. The van der Waals surface area contributed by atoms with Crippen molar-refractivity contribution in [2.45, 2.75) is 26.7 Å². The first-order valence-corrected chi connectivity index (χ1v) is 8.17. The fourth-order valence-corrected chi connectivity index (χ4v) is 2.32. The molecule has 0 heterocycles. The van der Waals surface area contributed by atoms with Crippen molar-refractivity contribution in [1.82, 2.24) is 10.2 Å². The highest BCUT2D eigenvalue weighted by molar-refractivity contribution is 9.10. The highest BCUT2D eigenvalue weighted by Crippen LogP contribution is 2.23. The molecule has 2 amide bonds. The number of hydrogen-bond donors (Lipinski definition) is 1. The quantitative estimate of drug-likeness (QED) is 0.793. The maximum absolute atomic E-state index is 12.5. The van der Waals surface area contributed by atoms with Crippen LogP contribution in [0.5, 0.6) is 0 Å². The van der Waals surface area contributed by atoms with Gasteiger partial charge in [0, 0.05) is 23.1 Å². The third-order valence-corrected chi connectivity index (χ3v) is 4.07. The maximum Gasteiger partial charge on any atom is 0.254 e. The number of carbonyl (C=O) groups is 2. The van der Waals surface area contributed by atoms with E-state index < -0.39 is 0 Å². The Labute approximate surface area is 139 Å². The Bertz CT molecular complexity index is 508. The topological polar surface area (TPSA) is 49.4 Å². The number of benzene rings is 1. The third kappa shape index (κ3) is 5.67. The summed E-state index contributed by atoms with van der Waals surface area (Å²) in [6.07, 6.45) is 1.67. The molecule has 21 heavy (non-hydrogen) atoms. The number of halogens is 2. The van der Waals surface area contributed by atoms with Crippen LogP contribution in [0, 0.1) is 0 Å². The normalized spacial score (nSPS) is 10.3. The van der Waals surface area contributed by atoms with E-state index in [1.165, 1.54) is 0 Å². The molecule has 0 aliphatic heterocycles. The second kappa shape index (κ2) is 9.05. The van der Waals surface area contributed by atoms with Crippen LogP contribution in [0.25, 0.3) is 0 Å². The lowest BCUT2D eigenvalue weighted by atomic mass is 10.2. The highest BCUT2D eigenvalue weighted by Gasteiger charge is 2.18. The number of amides is 2. The number of hydrogen-bond acceptors (Lipinski definition) is 2. The first-order valence-electron chi connectivity index (χ1n) is 7.00. The van der Waals surface area contributed by atoms with Crippen molar-refractivity contribution in [2.24, 2.45) is 0 Å². The highest BCUT2D eigenvalue weighted by atomic mass is 79.9. The van der Waals surface area contributed by atoms with E-state index in [0.29, 0.717) is 28.1 Å². The lowest BCUT2D eigenvalue weighted by molar-refractivity contribution is -0.121. The molecule has 6 heteroatoms. The van der Waals surface area contributed by atoms with Gasteiger partial charge < -0.3 is 10.2 Å². The van der Waals surface area contributed by atoms with Gasteiger partial charge in [0.25, 0.3) is 5.91 Å². The second-order valence-corrected chi connectivity index (χ2v) is 5.97. The van der Waals surface area contributed by atoms with Crippen LogP contribution in [-0.2, 0) is 4.79 Å². The first-order chi connectivity index (χ1) is 9.99. The molecule has 116 valence electrons. The van der Waals surface area contributed by atoms with Gasteiger partial charge in [-0.2, -0.15) is 0 Å². The fraction of sp³-hybridized carbons (Fsp3) is 0.467. The Kier molecular flexibility index (Phi) is 7.75. The molecule has 1 aromatic rings. The zero-order valence-corrected chi connectivity index (χ0v) is 14.6. The Morgan fingerprint density at radius 1 is 1.29 bits per heavy atom. The summed E-state index contributed by atoms with van der Waals surface area (Å²) in [6, 6.07) is 5.01. The molecule has 1 aromatic carbocycles. The molecule has 1 rings (SSSR count). The molecule has 4 nitrogen and oxygen atoms in total. The number of carbonyl (C=O) groups excluding carboxylic acids is 2. The van der Waals surface area contributed by atoms with Crippen molar-refractivity contribution in [2.75, 3.05) is 19.6 Å². The van der Waals surface area contributed by atoms with Crippen molar-refractivity contribution in [3.63, 3.8) is 0 Å². The van der Waals surface area contributed by atoms with Gasteiger partial charge >= 0.3 is 0 Å². The van der Waals surface area contributed by atoms with Gasteiger partial charge in [-0.1, -0.05) is 25.4 Å². The lowest BCUT2D eigenvalue weighted by Crippen LogP contribution is -2.41. The predicted octanol–water partition coefficient (Wildman–Crippen LogP) is 3.48. The molecular weight excluding hydrogens is 356 g/mol. The predicted molar refractivity (Wildman–Crippen MR) is 88.6 cm³/mol. The summed E-state index contributed by atoms with van der Waals surface area (Å²) < 4.78 is 0.668. The van der Waals surface area contributed by atoms with Crippen LogP contribution >= 0.6 is 27.5 Å². The van der Waals surface area contributed by atoms with Crippen LogP contribution in [-0.4, -0.2) is 36.3 Å². The SMILES string of the molecule is CCCNC(=O)CN(CCC)C(=O)c1ccc(Cl)c(Br)c1. The average molecular weight is 376 g/mol. The van der Waals surface area contributed by atoms with Crippen LogP contribution in [0.15, 0.2) is 22.7 Å². The molecule has 0 bridgehead atoms. The Hall–Kier alpha value is -1.07. The van der Waals surface area contributed by atoms with Gasteiger partial charge in [-0.25, -0.2) is 0 Å².